The molecule has 5 heteroatoms. The molecule has 5 nitrogen and oxygen atoms in total. The third-order valence-corrected chi connectivity index (χ3v) is 3.34. The summed E-state index contributed by atoms with van der Waals surface area (Å²) in [5.41, 5.74) is 6.81. The van der Waals surface area contributed by atoms with Crippen molar-refractivity contribution in [3.8, 4) is 5.75 Å². The molecule has 1 aliphatic rings. The van der Waals surface area contributed by atoms with E-state index in [9.17, 15) is 4.79 Å². The minimum atomic E-state index is -0.171. The molecule has 0 aliphatic carbocycles. The molecule has 110 valence electrons. The van der Waals surface area contributed by atoms with E-state index in [1.165, 1.54) is 0 Å². The Hall–Kier alpha value is -1.75. The van der Waals surface area contributed by atoms with Crippen LogP contribution in [0.15, 0.2) is 18.2 Å². The van der Waals surface area contributed by atoms with E-state index in [1.54, 1.807) is 18.2 Å². The number of amides is 1. The van der Waals surface area contributed by atoms with Crippen LogP contribution in [-0.4, -0.2) is 31.8 Å². The highest BCUT2D eigenvalue weighted by Crippen LogP contribution is 2.26. The zero-order valence-corrected chi connectivity index (χ0v) is 11.9. The maximum atomic E-state index is 12.2. The quantitative estimate of drug-likeness (QED) is 0.808. The van der Waals surface area contributed by atoms with E-state index in [-0.39, 0.29) is 12.0 Å². The van der Waals surface area contributed by atoms with Crippen LogP contribution in [0.4, 0.5) is 5.69 Å². The van der Waals surface area contributed by atoms with Gasteiger partial charge in [0.25, 0.3) is 5.91 Å². The number of benzene rings is 1. The first-order chi connectivity index (χ1) is 9.72. The lowest BCUT2D eigenvalue weighted by molar-refractivity contribution is 0.0168. The fourth-order valence-electron chi connectivity index (χ4n) is 2.31. The smallest absolute Gasteiger partial charge is 0.255 e. The molecule has 2 rings (SSSR count). The number of nitrogens with two attached hydrogens (primary N) is 1. The summed E-state index contributed by atoms with van der Waals surface area (Å²) in [6.07, 6.45) is 3.37. The molecular formula is C15H22N2O3. The highest BCUT2D eigenvalue weighted by atomic mass is 16.5. The molecule has 0 radical (unpaired) electrons. The molecule has 1 aromatic carbocycles. The highest BCUT2D eigenvalue weighted by Gasteiger charge is 2.18. The second-order valence-corrected chi connectivity index (χ2v) is 4.86. The van der Waals surface area contributed by atoms with Gasteiger partial charge in [0.1, 0.15) is 0 Å². The minimum absolute atomic E-state index is 0.115. The van der Waals surface area contributed by atoms with Gasteiger partial charge in [-0.2, -0.15) is 0 Å². The Morgan fingerprint density at radius 3 is 3.05 bits per heavy atom. The molecular weight excluding hydrogens is 256 g/mol. The number of anilines is 1. The number of rotatable bonds is 5. The average Bonchev–Trinajstić information content (AvgIpc) is 2.48. The standard InChI is InChI=1S/C15H22N2O3/c1-2-19-14-12(7-5-8-13(14)16)15(18)17-10-11-6-3-4-9-20-11/h5,7-8,11H,2-4,6,9-10,16H2,1H3,(H,17,18). The number of carbonyl (C=O) groups excluding carboxylic acids is 1. The maximum absolute atomic E-state index is 12.2. The van der Waals surface area contributed by atoms with Gasteiger partial charge in [0, 0.05) is 13.2 Å². The Morgan fingerprint density at radius 1 is 1.50 bits per heavy atom. The van der Waals surface area contributed by atoms with Gasteiger partial charge in [-0.05, 0) is 38.3 Å². The van der Waals surface area contributed by atoms with Crippen molar-refractivity contribution < 1.29 is 14.3 Å². The van der Waals surface area contributed by atoms with Crippen molar-refractivity contribution in [2.75, 3.05) is 25.5 Å². The number of nitrogens with one attached hydrogen (secondary N) is 1. The van der Waals surface area contributed by atoms with E-state index in [4.69, 9.17) is 15.2 Å². The highest BCUT2D eigenvalue weighted by molar-refractivity contribution is 5.98. The first kappa shape index (κ1) is 14.7. The third kappa shape index (κ3) is 3.63. The summed E-state index contributed by atoms with van der Waals surface area (Å²) in [7, 11) is 0. The van der Waals surface area contributed by atoms with Crippen molar-refractivity contribution in [2.45, 2.75) is 32.3 Å². The Labute approximate surface area is 119 Å². The lowest BCUT2D eigenvalue weighted by atomic mass is 10.1. The number of ether oxygens (including phenoxy) is 2. The van der Waals surface area contributed by atoms with Crippen LogP contribution < -0.4 is 15.8 Å². The maximum Gasteiger partial charge on any atom is 0.255 e. The predicted octanol–water partition coefficient (Wildman–Crippen LogP) is 1.97. The van der Waals surface area contributed by atoms with Gasteiger partial charge in [-0.3, -0.25) is 4.79 Å². The van der Waals surface area contributed by atoms with Crippen LogP contribution in [0.2, 0.25) is 0 Å². The van der Waals surface area contributed by atoms with Gasteiger partial charge in [-0.25, -0.2) is 0 Å². The summed E-state index contributed by atoms with van der Waals surface area (Å²) in [5.74, 6) is 0.284. The lowest BCUT2D eigenvalue weighted by Gasteiger charge is -2.23. The molecule has 0 aromatic heterocycles. The molecule has 20 heavy (non-hydrogen) atoms. The Balaban J connectivity index is 1.99. The minimum Gasteiger partial charge on any atom is -0.491 e. The summed E-state index contributed by atoms with van der Waals surface area (Å²) in [6, 6.07) is 5.20. The summed E-state index contributed by atoms with van der Waals surface area (Å²) in [6.45, 7) is 3.65. The van der Waals surface area contributed by atoms with Crippen LogP contribution in [0, 0.1) is 0 Å². The van der Waals surface area contributed by atoms with E-state index in [1.807, 2.05) is 6.92 Å². The van der Waals surface area contributed by atoms with E-state index < -0.39 is 0 Å². The molecule has 1 aromatic rings. The first-order valence-corrected chi connectivity index (χ1v) is 7.13. The van der Waals surface area contributed by atoms with Gasteiger partial charge in [0.15, 0.2) is 5.75 Å². The SMILES string of the molecule is CCOc1c(N)cccc1C(=O)NCC1CCCCO1. The normalized spacial score (nSPS) is 18.6. The second kappa shape index (κ2) is 7.14. The van der Waals surface area contributed by atoms with E-state index in [0.29, 0.717) is 30.2 Å². The molecule has 1 heterocycles. The molecule has 1 amide bonds. The largest absolute Gasteiger partial charge is 0.491 e. The molecule has 0 bridgehead atoms. The topological polar surface area (TPSA) is 73.6 Å². The van der Waals surface area contributed by atoms with Crippen LogP contribution in [0.1, 0.15) is 36.5 Å². The fraction of sp³-hybridized carbons (Fsp3) is 0.533. The Kier molecular flexibility index (Phi) is 5.24. The number of hydrogen-bond donors (Lipinski definition) is 2. The van der Waals surface area contributed by atoms with Gasteiger partial charge in [0.2, 0.25) is 0 Å². The van der Waals surface area contributed by atoms with Gasteiger partial charge >= 0.3 is 0 Å². The zero-order valence-electron chi connectivity index (χ0n) is 11.9. The van der Waals surface area contributed by atoms with Crippen molar-refractivity contribution in [2.24, 2.45) is 0 Å². The molecule has 0 saturated carbocycles. The third-order valence-electron chi connectivity index (χ3n) is 3.34. The zero-order chi connectivity index (χ0) is 14.4. The van der Waals surface area contributed by atoms with Gasteiger partial charge in [0.05, 0.1) is 24.0 Å². The van der Waals surface area contributed by atoms with Crippen LogP contribution in [-0.2, 0) is 4.74 Å². The van der Waals surface area contributed by atoms with Gasteiger partial charge < -0.3 is 20.5 Å². The summed E-state index contributed by atoms with van der Waals surface area (Å²) in [5, 5.41) is 2.90. The van der Waals surface area contributed by atoms with Crippen LogP contribution in [0.5, 0.6) is 5.75 Å². The van der Waals surface area contributed by atoms with Crippen molar-refractivity contribution in [1.82, 2.24) is 5.32 Å². The Morgan fingerprint density at radius 2 is 2.35 bits per heavy atom. The fourth-order valence-corrected chi connectivity index (χ4v) is 2.31. The lowest BCUT2D eigenvalue weighted by Crippen LogP contribution is -2.35. The summed E-state index contributed by atoms with van der Waals surface area (Å²) in [4.78, 5) is 12.2. The van der Waals surface area contributed by atoms with Gasteiger partial charge in [-0.1, -0.05) is 6.07 Å². The first-order valence-electron chi connectivity index (χ1n) is 7.13. The van der Waals surface area contributed by atoms with Crippen molar-refractivity contribution >= 4 is 11.6 Å². The number of carbonyl (C=O) groups is 1. The monoisotopic (exact) mass is 278 g/mol. The number of nitrogen functional groups attached to an aromatic ring is 1. The predicted molar refractivity (Wildman–Crippen MR) is 77.9 cm³/mol. The second-order valence-electron chi connectivity index (χ2n) is 4.86. The number of hydrogen-bond acceptors (Lipinski definition) is 4. The van der Waals surface area contributed by atoms with Crippen molar-refractivity contribution in [1.29, 1.82) is 0 Å². The van der Waals surface area contributed by atoms with Crippen molar-refractivity contribution in [3.05, 3.63) is 23.8 Å². The summed E-state index contributed by atoms with van der Waals surface area (Å²) >= 11 is 0. The number of para-hydroxylation sites is 1. The van der Waals surface area contributed by atoms with Crippen LogP contribution in [0.25, 0.3) is 0 Å². The Bertz CT molecular complexity index is 456. The van der Waals surface area contributed by atoms with E-state index in [2.05, 4.69) is 5.32 Å². The molecule has 1 aliphatic heterocycles. The average molecular weight is 278 g/mol. The molecule has 1 unspecified atom stereocenters. The van der Waals surface area contributed by atoms with Crippen LogP contribution >= 0.6 is 0 Å². The van der Waals surface area contributed by atoms with E-state index >= 15 is 0 Å². The molecule has 1 saturated heterocycles. The van der Waals surface area contributed by atoms with Crippen molar-refractivity contribution in [3.63, 3.8) is 0 Å². The summed E-state index contributed by atoms with van der Waals surface area (Å²) < 4.78 is 11.1. The molecule has 0 spiro atoms. The van der Waals surface area contributed by atoms with Crippen LogP contribution in [0.3, 0.4) is 0 Å². The van der Waals surface area contributed by atoms with Gasteiger partial charge in [-0.15, -0.1) is 0 Å². The molecule has 1 fully saturated rings. The molecule has 1 atom stereocenters. The molecule has 3 N–H and O–H groups in total. The van der Waals surface area contributed by atoms with E-state index in [0.717, 1.165) is 25.9 Å².